The van der Waals surface area contributed by atoms with Crippen molar-refractivity contribution in [3.05, 3.63) is 13.2 Å². The molecule has 0 heterocycles. The Hall–Kier alpha value is -0.790. The monoisotopic (exact) mass is 101 g/mol. The molecular formula is C5H11NO. The Morgan fingerprint density at radius 2 is 1.71 bits per heavy atom. The van der Waals surface area contributed by atoms with E-state index in [1.54, 1.807) is 7.05 Å². The van der Waals surface area contributed by atoms with Crippen LogP contribution in [0.15, 0.2) is 13.2 Å². The molecule has 1 N–H and O–H groups in total. The molecule has 0 aliphatic carbocycles. The lowest BCUT2D eigenvalue weighted by molar-refractivity contribution is -0.118. The minimum Gasteiger partial charge on any atom is -0.359 e. The molecule has 0 aromatic heterocycles. The Balaban J connectivity index is 0. The van der Waals surface area contributed by atoms with Gasteiger partial charge in [-0.25, -0.2) is 0 Å². The average Bonchev–Trinajstić information content (AvgIpc) is 1.73. The third kappa shape index (κ3) is 36.7. The highest BCUT2D eigenvalue weighted by atomic mass is 16.1. The average molecular weight is 101 g/mol. The first-order valence-corrected chi connectivity index (χ1v) is 1.95. The summed E-state index contributed by atoms with van der Waals surface area (Å²) in [6.45, 7) is 7.47. The summed E-state index contributed by atoms with van der Waals surface area (Å²) >= 11 is 0. The molecule has 0 radical (unpaired) electrons. The number of amides is 1. The lowest BCUT2D eigenvalue weighted by Crippen LogP contribution is -2.11. The first kappa shape index (κ1) is 9.51. The van der Waals surface area contributed by atoms with E-state index in [1.165, 1.54) is 6.92 Å². The fourth-order valence-electron chi connectivity index (χ4n) is 0. The molecule has 0 atom stereocenters. The van der Waals surface area contributed by atoms with Gasteiger partial charge in [0.1, 0.15) is 0 Å². The van der Waals surface area contributed by atoms with Crippen molar-refractivity contribution < 1.29 is 4.79 Å². The van der Waals surface area contributed by atoms with Gasteiger partial charge in [-0.05, 0) is 0 Å². The van der Waals surface area contributed by atoms with Crippen molar-refractivity contribution in [2.75, 3.05) is 7.05 Å². The molecule has 0 aliphatic heterocycles. The standard InChI is InChI=1S/C3H7NO.C2H4/c1-3(5)4-2;1-2/h1-2H3,(H,4,5);1-2H2. The second-order valence-corrected chi connectivity index (χ2v) is 0.806. The van der Waals surface area contributed by atoms with E-state index in [9.17, 15) is 4.79 Å². The van der Waals surface area contributed by atoms with Crippen molar-refractivity contribution in [2.45, 2.75) is 6.92 Å². The van der Waals surface area contributed by atoms with Gasteiger partial charge in [-0.15, -0.1) is 13.2 Å². The van der Waals surface area contributed by atoms with E-state index >= 15 is 0 Å². The molecule has 1 amide bonds. The third-order valence-electron chi connectivity index (χ3n) is 0.352. The van der Waals surface area contributed by atoms with E-state index in [-0.39, 0.29) is 5.91 Å². The second-order valence-electron chi connectivity index (χ2n) is 0.806. The van der Waals surface area contributed by atoms with E-state index in [2.05, 4.69) is 18.5 Å². The van der Waals surface area contributed by atoms with E-state index in [0.717, 1.165) is 0 Å². The Kier molecular flexibility index (Phi) is 12.2. The summed E-state index contributed by atoms with van der Waals surface area (Å²) < 4.78 is 0. The Morgan fingerprint density at radius 3 is 1.71 bits per heavy atom. The van der Waals surface area contributed by atoms with Crippen molar-refractivity contribution in [3.63, 3.8) is 0 Å². The predicted octanol–water partition coefficient (Wildman–Crippen LogP) is 0.554. The zero-order valence-corrected chi connectivity index (χ0v) is 4.82. The molecule has 0 aromatic carbocycles. The van der Waals surface area contributed by atoms with Gasteiger partial charge in [0.25, 0.3) is 0 Å². The smallest absolute Gasteiger partial charge is 0.216 e. The number of carbonyl (C=O) groups excluding carboxylic acids is 1. The van der Waals surface area contributed by atoms with Crippen LogP contribution in [-0.2, 0) is 4.79 Å². The van der Waals surface area contributed by atoms with Crippen molar-refractivity contribution in [2.24, 2.45) is 0 Å². The van der Waals surface area contributed by atoms with Crippen LogP contribution in [0.25, 0.3) is 0 Å². The molecule has 0 spiro atoms. The first-order valence-electron chi connectivity index (χ1n) is 1.95. The molecule has 2 heteroatoms. The van der Waals surface area contributed by atoms with Gasteiger partial charge in [0.05, 0.1) is 0 Å². The Bertz CT molecular complexity index is 52.0. The maximum absolute atomic E-state index is 9.70. The van der Waals surface area contributed by atoms with Gasteiger partial charge in [-0.3, -0.25) is 4.79 Å². The summed E-state index contributed by atoms with van der Waals surface area (Å²) in [5, 5.41) is 2.39. The van der Waals surface area contributed by atoms with E-state index in [4.69, 9.17) is 0 Å². The van der Waals surface area contributed by atoms with Crippen LogP contribution in [0.5, 0.6) is 0 Å². The minimum absolute atomic E-state index is 0.00463. The zero-order chi connectivity index (χ0) is 6.28. The van der Waals surface area contributed by atoms with Crippen molar-refractivity contribution in [1.29, 1.82) is 0 Å². The molecule has 2 nitrogen and oxygen atoms in total. The molecule has 0 unspecified atom stereocenters. The topological polar surface area (TPSA) is 29.1 Å². The summed E-state index contributed by atoms with van der Waals surface area (Å²) in [5.74, 6) is 0.00463. The summed E-state index contributed by atoms with van der Waals surface area (Å²) in [7, 11) is 1.60. The molecule has 0 aliphatic rings. The number of hydrogen-bond acceptors (Lipinski definition) is 1. The van der Waals surface area contributed by atoms with Gasteiger partial charge in [-0.2, -0.15) is 0 Å². The quantitative estimate of drug-likeness (QED) is 0.444. The molecule has 0 aromatic rings. The van der Waals surface area contributed by atoms with Gasteiger partial charge >= 0.3 is 0 Å². The fraction of sp³-hybridized carbons (Fsp3) is 0.400. The lowest BCUT2D eigenvalue weighted by atomic mass is 10.7. The predicted molar refractivity (Wildman–Crippen MR) is 31.0 cm³/mol. The van der Waals surface area contributed by atoms with Crippen LogP contribution in [0.2, 0.25) is 0 Å². The minimum atomic E-state index is 0.00463. The van der Waals surface area contributed by atoms with Gasteiger partial charge in [-0.1, -0.05) is 0 Å². The molecule has 0 bridgehead atoms. The maximum Gasteiger partial charge on any atom is 0.216 e. The van der Waals surface area contributed by atoms with Crippen LogP contribution in [0.1, 0.15) is 6.92 Å². The molecular weight excluding hydrogens is 90.1 g/mol. The number of carbonyl (C=O) groups is 1. The highest BCUT2D eigenvalue weighted by Crippen LogP contribution is 1.45. The van der Waals surface area contributed by atoms with Gasteiger partial charge in [0, 0.05) is 14.0 Å². The van der Waals surface area contributed by atoms with Crippen LogP contribution in [0, 0.1) is 0 Å². The summed E-state index contributed by atoms with van der Waals surface area (Å²) in [6, 6.07) is 0. The van der Waals surface area contributed by atoms with Gasteiger partial charge in [0.15, 0.2) is 0 Å². The Morgan fingerprint density at radius 1 is 1.57 bits per heavy atom. The highest BCUT2D eigenvalue weighted by Gasteiger charge is 1.72. The fourth-order valence-corrected chi connectivity index (χ4v) is 0. The van der Waals surface area contributed by atoms with Crippen molar-refractivity contribution in [3.8, 4) is 0 Å². The van der Waals surface area contributed by atoms with Crippen LogP contribution in [-0.4, -0.2) is 13.0 Å². The van der Waals surface area contributed by atoms with Crippen molar-refractivity contribution >= 4 is 5.91 Å². The maximum atomic E-state index is 9.70. The third-order valence-corrected chi connectivity index (χ3v) is 0.352. The van der Waals surface area contributed by atoms with E-state index in [1.807, 2.05) is 0 Å². The van der Waals surface area contributed by atoms with Crippen LogP contribution >= 0.6 is 0 Å². The van der Waals surface area contributed by atoms with E-state index < -0.39 is 0 Å². The van der Waals surface area contributed by atoms with Crippen molar-refractivity contribution in [1.82, 2.24) is 5.32 Å². The highest BCUT2D eigenvalue weighted by molar-refractivity contribution is 5.72. The van der Waals surface area contributed by atoms with Gasteiger partial charge < -0.3 is 5.32 Å². The number of rotatable bonds is 0. The van der Waals surface area contributed by atoms with Crippen LogP contribution < -0.4 is 5.32 Å². The summed E-state index contributed by atoms with van der Waals surface area (Å²) in [6.07, 6.45) is 0. The van der Waals surface area contributed by atoms with E-state index in [0.29, 0.717) is 0 Å². The largest absolute Gasteiger partial charge is 0.359 e. The SMILES string of the molecule is C=C.CNC(C)=O. The second kappa shape index (κ2) is 8.96. The molecule has 7 heavy (non-hydrogen) atoms. The van der Waals surface area contributed by atoms with Crippen LogP contribution in [0.4, 0.5) is 0 Å². The number of hydrogen-bond donors (Lipinski definition) is 1. The summed E-state index contributed by atoms with van der Waals surface area (Å²) in [5.41, 5.74) is 0. The Labute approximate surface area is 44.2 Å². The molecule has 42 valence electrons. The number of nitrogens with one attached hydrogen (secondary N) is 1. The first-order chi connectivity index (χ1) is 3.27. The van der Waals surface area contributed by atoms with Gasteiger partial charge in [0.2, 0.25) is 5.91 Å². The zero-order valence-electron chi connectivity index (χ0n) is 4.82. The summed E-state index contributed by atoms with van der Waals surface area (Å²) in [4.78, 5) is 9.70. The van der Waals surface area contributed by atoms with Crippen LogP contribution in [0.3, 0.4) is 0 Å². The normalized spacial score (nSPS) is 5.43. The molecule has 0 rings (SSSR count). The molecule has 0 saturated heterocycles. The molecule has 0 fully saturated rings. The molecule has 0 saturated carbocycles. The lowest BCUT2D eigenvalue weighted by Gasteiger charge is -1.80.